The Balaban J connectivity index is 2.09. The Labute approximate surface area is 131 Å². The Hall–Kier alpha value is -0.540. The van der Waals surface area contributed by atoms with Crippen LogP contribution >= 0.6 is 15.9 Å². The van der Waals surface area contributed by atoms with Gasteiger partial charge in [-0.1, -0.05) is 35.7 Å². The molecular weight excluding hydrogens is 314 g/mol. The zero-order valence-electron chi connectivity index (χ0n) is 12.6. The first-order valence-electron chi connectivity index (χ1n) is 7.80. The average Bonchev–Trinajstić information content (AvgIpc) is 2.99. The van der Waals surface area contributed by atoms with Crippen LogP contribution in [0.4, 0.5) is 0 Å². The summed E-state index contributed by atoms with van der Waals surface area (Å²) in [7, 11) is 1.73. The summed E-state index contributed by atoms with van der Waals surface area (Å²) in [6, 6.07) is 6.87. The van der Waals surface area contributed by atoms with Crippen molar-refractivity contribution in [1.82, 2.24) is 5.32 Å². The average molecular weight is 340 g/mol. The maximum atomic E-state index is 5.36. The Bertz CT molecular complexity index is 415. The van der Waals surface area contributed by atoms with E-state index in [1.165, 1.54) is 42.1 Å². The standard InChI is InChI=1S/C17H26BrNO/c1-3-10-19-17(13-6-4-5-7-13)12-14-11-15(20-2)8-9-16(14)18/h8-9,11,13,17,19H,3-7,10,12H2,1-2H3. The number of hydrogen-bond donors (Lipinski definition) is 1. The highest BCUT2D eigenvalue weighted by molar-refractivity contribution is 9.10. The predicted molar refractivity (Wildman–Crippen MR) is 88.4 cm³/mol. The highest BCUT2D eigenvalue weighted by Crippen LogP contribution is 2.31. The van der Waals surface area contributed by atoms with Gasteiger partial charge in [0.25, 0.3) is 0 Å². The lowest BCUT2D eigenvalue weighted by Gasteiger charge is -2.25. The summed E-state index contributed by atoms with van der Waals surface area (Å²) in [5.74, 6) is 1.78. The molecule has 1 saturated carbocycles. The first-order valence-corrected chi connectivity index (χ1v) is 8.59. The number of halogens is 1. The molecule has 2 rings (SSSR count). The fourth-order valence-electron chi connectivity index (χ4n) is 3.17. The van der Waals surface area contributed by atoms with Gasteiger partial charge in [0.1, 0.15) is 5.75 Å². The molecule has 0 aromatic heterocycles. The third kappa shape index (κ3) is 4.23. The Morgan fingerprint density at radius 2 is 2.10 bits per heavy atom. The molecule has 1 atom stereocenters. The number of ether oxygens (including phenoxy) is 1. The minimum absolute atomic E-state index is 0.598. The van der Waals surface area contributed by atoms with E-state index >= 15 is 0 Å². The van der Waals surface area contributed by atoms with Crippen molar-refractivity contribution in [3.05, 3.63) is 28.2 Å². The van der Waals surface area contributed by atoms with E-state index in [9.17, 15) is 0 Å². The largest absolute Gasteiger partial charge is 0.497 e. The summed E-state index contributed by atoms with van der Waals surface area (Å²) >= 11 is 3.68. The quantitative estimate of drug-likeness (QED) is 0.786. The number of hydrogen-bond acceptors (Lipinski definition) is 2. The smallest absolute Gasteiger partial charge is 0.119 e. The molecule has 0 bridgehead atoms. The van der Waals surface area contributed by atoms with Gasteiger partial charge < -0.3 is 10.1 Å². The lowest BCUT2D eigenvalue weighted by atomic mass is 9.92. The van der Waals surface area contributed by atoms with Gasteiger partial charge in [-0.3, -0.25) is 0 Å². The summed E-state index contributed by atoms with van der Waals surface area (Å²) in [5, 5.41) is 3.76. The molecular formula is C17H26BrNO. The van der Waals surface area contributed by atoms with Crippen LogP contribution in [0.15, 0.2) is 22.7 Å². The maximum Gasteiger partial charge on any atom is 0.119 e. The van der Waals surface area contributed by atoms with E-state index in [2.05, 4.69) is 40.3 Å². The zero-order valence-corrected chi connectivity index (χ0v) is 14.2. The van der Waals surface area contributed by atoms with E-state index < -0.39 is 0 Å². The molecule has 3 heteroatoms. The van der Waals surface area contributed by atoms with Crippen LogP contribution in [0.2, 0.25) is 0 Å². The van der Waals surface area contributed by atoms with Crippen molar-refractivity contribution < 1.29 is 4.74 Å². The van der Waals surface area contributed by atoms with Crippen molar-refractivity contribution in [1.29, 1.82) is 0 Å². The summed E-state index contributed by atoms with van der Waals surface area (Å²) in [6.07, 6.45) is 7.83. The van der Waals surface area contributed by atoms with Crippen LogP contribution in [0.5, 0.6) is 5.75 Å². The van der Waals surface area contributed by atoms with Crippen molar-refractivity contribution >= 4 is 15.9 Å². The van der Waals surface area contributed by atoms with E-state index in [4.69, 9.17) is 4.74 Å². The molecule has 20 heavy (non-hydrogen) atoms. The molecule has 1 N–H and O–H groups in total. The van der Waals surface area contributed by atoms with Gasteiger partial charge >= 0.3 is 0 Å². The monoisotopic (exact) mass is 339 g/mol. The van der Waals surface area contributed by atoms with Crippen LogP contribution < -0.4 is 10.1 Å². The Kier molecular flexibility index (Phi) is 6.37. The number of nitrogens with one attached hydrogen (secondary N) is 1. The predicted octanol–water partition coefficient (Wildman–Crippen LogP) is 4.56. The molecule has 0 spiro atoms. The highest BCUT2D eigenvalue weighted by Gasteiger charge is 2.25. The normalized spacial score (nSPS) is 17.4. The van der Waals surface area contributed by atoms with Gasteiger partial charge in [-0.2, -0.15) is 0 Å². The zero-order chi connectivity index (χ0) is 14.4. The summed E-state index contributed by atoms with van der Waals surface area (Å²) in [5.41, 5.74) is 1.35. The van der Waals surface area contributed by atoms with Crippen LogP contribution in [-0.4, -0.2) is 19.7 Å². The fraction of sp³-hybridized carbons (Fsp3) is 0.647. The van der Waals surface area contributed by atoms with Crippen molar-refractivity contribution in [2.75, 3.05) is 13.7 Å². The summed E-state index contributed by atoms with van der Waals surface area (Å²) in [4.78, 5) is 0. The molecule has 112 valence electrons. The molecule has 0 radical (unpaired) electrons. The number of rotatable bonds is 7. The molecule has 1 aromatic carbocycles. The van der Waals surface area contributed by atoms with Crippen LogP contribution in [0, 0.1) is 5.92 Å². The van der Waals surface area contributed by atoms with Crippen molar-refractivity contribution in [2.45, 2.75) is 51.5 Å². The lowest BCUT2D eigenvalue weighted by molar-refractivity contribution is 0.355. The molecule has 1 fully saturated rings. The highest BCUT2D eigenvalue weighted by atomic mass is 79.9. The van der Waals surface area contributed by atoms with Gasteiger partial charge in [-0.25, -0.2) is 0 Å². The van der Waals surface area contributed by atoms with Crippen molar-refractivity contribution in [3.8, 4) is 5.75 Å². The van der Waals surface area contributed by atoms with Crippen molar-refractivity contribution in [3.63, 3.8) is 0 Å². The SMILES string of the molecule is CCCNC(Cc1cc(OC)ccc1Br)C1CCCC1. The molecule has 0 saturated heterocycles. The lowest BCUT2D eigenvalue weighted by Crippen LogP contribution is -2.37. The fourth-order valence-corrected chi connectivity index (χ4v) is 3.57. The van der Waals surface area contributed by atoms with Crippen LogP contribution in [-0.2, 0) is 6.42 Å². The maximum absolute atomic E-state index is 5.36. The topological polar surface area (TPSA) is 21.3 Å². The van der Waals surface area contributed by atoms with Gasteiger partial charge in [0.05, 0.1) is 7.11 Å². The molecule has 1 aliphatic rings. The van der Waals surface area contributed by atoms with Gasteiger partial charge in [-0.05, 0) is 61.9 Å². The van der Waals surface area contributed by atoms with Crippen molar-refractivity contribution in [2.24, 2.45) is 5.92 Å². The van der Waals surface area contributed by atoms with E-state index in [0.29, 0.717) is 6.04 Å². The number of benzene rings is 1. The second-order valence-corrected chi connectivity index (χ2v) is 6.62. The Morgan fingerprint density at radius 3 is 2.75 bits per heavy atom. The van der Waals surface area contributed by atoms with Crippen LogP contribution in [0.25, 0.3) is 0 Å². The van der Waals surface area contributed by atoms with Crippen LogP contribution in [0.3, 0.4) is 0 Å². The van der Waals surface area contributed by atoms with Gasteiger partial charge in [0.15, 0.2) is 0 Å². The van der Waals surface area contributed by atoms with Gasteiger partial charge in [0.2, 0.25) is 0 Å². The van der Waals surface area contributed by atoms with E-state index in [1.807, 2.05) is 6.07 Å². The first-order chi connectivity index (χ1) is 9.74. The van der Waals surface area contributed by atoms with E-state index in [0.717, 1.165) is 24.6 Å². The number of methoxy groups -OCH3 is 1. The third-order valence-corrected chi connectivity index (χ3v) is 5.09. The molecule has 1 unspecified atom stereocenters. The molecule has 1 aromatic rings. The Morgan fingerprint density at radius 1 is 1.35 bits per heavy atom. The third-order valence-electron chi connectivity index (χ3n) is 4.32. The minimum Gasteiger partial charge on any atom is -0.497 e. The second kappa shape index (κ2) is 8.04. The van der Waals surface area contributed by atoms with E-state index in [1.54, 1.807) is 7.11 Å². The van der Waals surface area contributed by atoms with Gasteiger partial charge in [-0.15, -0.1) is 0 Å². The first kappa shape index (κ1) is 15.8. The van der Waals surface area contributed by atoms with Gasteiger partial charge in [0, 0.05) is 10.5 Å². The molecule has 2 nitrogen and oxygen atoms in total. The van der Waals surface area contributed by atoms with Crippen LogP contribution in [0.1, 0.15) is 44.6 Å². The summed E-state index contributed by atoms with van der Waals surface area (Å²) in [6.45, 7) is 3.35. The molecule has 0 amide bonds. The molecule has 1 aliphatic carbocycles. The minimum atomic E-state index is 0.598. The molecule has 0 aliphatic heterocycles. The second-order valence-electron chi connectivity index (χ2n) is 5.77. The van der Waals surface area contributed by atoms with E-state index in [-0.39, 0.29) is 0 Å². The molecule has 0 heterocycles. The summed E-state index contributed by atoms with van der Waals surface area (Å²) < 4.78 is 6.55.